The van der Waals surface area contributed by atoms with E-state index in [9.17, 15) is 8.78 Å². The molecule has 0 amide bonds. The van der Waals surface area contributed by atoms with E-state index in [-0.39, 0.29) is 6.04 Å². The fourth-order valence-electron chi connectivity index (χ4n) is 1.80. The van der Waals surface area contributed by atoms with Crippen LogP contribution in [0.5, 0.6) is 0 Å². The van der Waals surface area contributed by atoms with Crippen molar-refractivity contribution in [3.05, 3.63) is 62.7 Å². The second-order valence-electron chi connectivity index (χ2n) is 4.50. The van der Waals surface area contributed by atoms with Crippen LogP contribution in [-0.2, 0) is 0 Å². The highest BCUT2D eigenvalue weighted by molar-refractivity contribution is 14.1. The number of rotatable bonds is 3. The quantitative estimate of drug-likeness (QED) is 0.743. The summed E-state index contributed by atoms with van der Waals surface area (Å²) in [6.07, 6.45) is 0. The van der Waals surface area contributed by atoms with Crippen LogP contribution in [0.1, 0.15) is 24.1 Å². The van der Waals surface area contributed by atoms with Crippen LogP contribution in [0.3, 0.4) is 0 Å². The molecule has 0 heterocycles. The van der Waals surface area contributed by atoms with Crippen LogP contribution in [0.2, 0.25) is 0 Å². The highest BCUT2D eigenvalue weighted by Gasteiger charge is 2.09. The maximum Gasteiger partial charge on any atom is 0.159 e. The summed E-state index contributed by atoms with van der Waals surface area (Å²) in [6.45, 7) is 3.96. The summed E-state index contributed by atoms with van der Waals surface area (Å²) in [7, 11) is 0. The van der Waals surface area contributed by atoms with Gasteiger partial charge in [-0.05, 0) is 71.8 Å². The Morgan fingerprint density at radius 2 is 1.79 bits per heavy atom. The van der Waals surface area contributed by atoms with E-state index < -0.39 is 11.6 Å². The third kappa shape index (κ3) is 3.43. The molecule has 0 radical (unpaired) electrons. The second kappa shape index (κ2) is 5.86. The van der Waals surface area contributed by atoms with Crippen molar-refractivity contribution < 1.29 is 8.78 Å². The van der Waals surface area contributed by atoms with Crippen molar-refractivity contribution in [2.45, 2.75) is 19.9 Å². The molecule has 0 aliphatic carbocycles. The van der Waals surface area contributed by atoms with Gasteiger partial charge in [0.1, 0.15) is 0 Å². The Labute approximate surface area is 125 Å². The lowest BCUT2D eigenvalue weighted by Crippen LogP contribution is -2.07. The largest absolute Gasteiger partial charge is 0.378 e. The first kappa shape index (κ1) is 14.2. The van der Waals surface area contributed by atoms with Gasteiger partial charge < -0.3 is 5.32 Å². The minimum atomic E-state index is -0.819. The van der Waals surface area contributed by atoms with Crippen LogP contribution in [0.4, 0.5) is 14.5 Å². The van der Waals surface area contributed by atoms with Crippen LogP contribution in [0.25, 0.3) is 0 Å². The molecular weight excluding hydrogens is 359 g/mol. The van der Waals surface area contributed by atoms with E-state index in [1.54, 1.807) is 6.07 Å². The lowest BCUT2D eigenvalue weighted by molar-refractivity contribution is 0.506. The lowest BCUT2D eigenvalue weighted by atomic mass is 10.1. The van der Waals surface area contributed by atoms with E-state index in [4.69, 9.17) is 0 Å². The van der Waals surface area contributed by atoms with E-state index in [1.807, 2.05) is 32.0 Å². The van der Waals surface area contributed by atoms with E-state index in [2.05, 4.69) is 27.9 Å². The number of benzene rings is 2. The second-order valence-corrected chi connectivity index (χ2v) is 5.67. The topological polar surface area (TPSA) is 12.0 Å². The molecule has 1 atom stereocenters. The zero-order valence-electron chi connectivity index (χ0n) is 10.7. The summed E-state index contributed by atoms with van der Waals surface area (Å²) < 4.78 is 27.2. The molecule has 4 heteroatoms. The number of anilines is 1. The predicted octanol–water partition coefficient (Wildman–Crippen LogP) is 5.05. The highest BCUT2D eigenvalue weighted by atomic mass is 127. The Morgan fingerprint density at radius 1 is 1.05 bits per heavy atom. The number of halogens is 3. The van der Waals surface area contributed by atoms with E-state index in [0.29, 0.717) is 0 Å². The van der Waals surface area contributed by atoms with Gasteiger partial charge >= 0.3 is 0 Å². The minimum absolute atomic E-state index is 0.0893. The Hall–Kier alpha value is -1.17. The van der Waals surface area contributed by atoms with Crippen LogP contribution in [-0.4, -0.2) is 0 Å². The number of aryl methyl sites for hydroxylation is 1. The Bertz CT molecular complexity index is 599. The highest BCUT2D eigenvalue weighted by Crippen LogP contribution is 2.23. The first-order chi connectivity index (χ1) is 8.97. The molecule has 0 aromatic heterocycles. The number of hydrogen-bond acceptors (Lipinski definition) is 1. The molecule has 0 spiro atoms. The van der Waals surface area contributed by atoms with Crippen molar-refractivity contribution in [1.82, 2.24) is 0 Å². The summed E-state index contributed by atoms with van der Waals surface area (Å²) in [5, 5.41) is 3.28. The molecule has 0 bridgehead atoms. The molecule has 0 aliphatic rings. The lowest BCUT2D eigenvalue weighted by Gasteiger charge is -2.16. The minimum Gasteiger partial charge on any atom is -0.378 e. The fraction of sp³-hybridized carbons (Fsp3) is 0.200. The molecule has 2 rings (SSSR count). The van der Waals surface area contributed by atoms with Gasteiger partial charge in [-0.2, -0.15) is 0 Å². The van der Waals surface area contributed by atoms with Gasteiger partial charge in [0.2, 0.25) is 0 Å². The van der Waals surface area contributed by atoms with Crippen molar-refractivity contribution >= 4 is 28.3 Å². The molecule has 1 N–H and O–H groups in total. The third-order valence-electron chi connectivity index (χ3n) is 3.00. The molecule has 100 valence electrons. The van der Waals surface area contributed by atoms with Crippen LogP contribution in [0, 0.1) is 22.1 Å². The predicted molar refractivity (Wildman–Crippen MR) is 82.3 cm³/mol. The first-order valence-corrected chi connectivity index (χ1v) is 7.03. The number of hydrogen-bond donors (Lipinski definition) is 1. The first-order valence-electron chi connectivity index (χ1n) is 5.95. The normalized spacial score (nSPS) is 12.3. The summed E-state index contributed by atoms with van der Waals surface area (Å²) in [4.78, 5) is 0. The van der Waals surface area contributed by atoms with Crippen molar-refractivity contribution in [2.75, 3.05) is 5.32 Å². The van der Waals surface area contributed by atoms with Gasteiger partial charge in [0.25, 0.3) is 0 Å². The SMILES string of the molecule is Cc1ccc(NC(C)c2ccc(F)c(F)c2)cc1I. The van der Waals surface area contributed by atoms with Gasteiger partial charge in [-0.25, -0.2) is 8.78 Å². The maximum absolute atomic E-state index is 13.2. The standard InChI is InChI=1S/C15H14F2IN/c1-9-3-5-12(8-15(9)18)19-10(2)11-4-6-13(16)14(17)7-11/h3-8,10,19H,1-2H3. The summed E-state index contributed by atoms with van der Waals surface area (Å²) in [5.74, 6) is -1.63. The van der Waals surface area contributed by atoms with Crippen molar-refractivity contribution in [2.24, 2.45) is 0 Å². The van der Waals surface area contributed by atoms with Crippen LogP contribution in [0.15, 0.2) is 36.4 Å². The van der Waals surface area contributed by atoms with Crippen LogP contribution < -0.4 is 5.32 Å². The average molecular weight is 373 g/mol. The molecule has 0 saturated heterocycles. The molecule has 0 saturated carbocycles. The van der Waals surface area contributed by atoms with Gasteiger partial charge in [-0.3, -0.25) is 0 Å². The molecule has 19 heavy (non-hydrogen) atoms. The maximum atomic E-state index is 13.2. The zero-order chi connectivity index (χ0) is 14.0. The molecule has 2 aromatic rings. The summed E-state index contributed by atoms with van der Waals surface area (Å²) in [5.41, 5.74) is 2.90. The van der Waals surface area contributed by atoms with Gasteiger partial charge in [0.05, 0.1) is 0 Å². The van der Waals surface area contributed by atoms with Crippen molar-refractivity contribution in [3.8, 4) is 0 Å². The zero-order valence-corrected chi connectivity index (χ0v) is 12.8. The molecule has 1 nitrogen and oxygen atoms in total. The van der Waals surface area contributed by atoms with E-state index in [0.717, 1.165) is 17.3 Å². The summed E-state index contributed by atoms with van der Waals surface area (Å²) in [6, 6.07) is 9.93. The van der Waals surface area contributed by atoms with Gasteiger partial charge in [-0.1, -0.05) is 12.1 Å². The van der Waals surface area contributed by atoms with E-state index in [1.165, 1.54) is 15.2 Å². The van der Waals surface area contributed by atoms with Gasteiger partial charge in [0, 0.05) is 15.3 Å². The molecular formula is C15H14F2IN. The Balaban J connectivity index is 2.17. The van der Waals surface area contributed by atoms with Crippen LogP contribution >= 0.6 is 22.6 Å². The molecule has 0 fully saturated rings. The molecule has 1 unspecified atom stereocenters. The summed E-state index contributed by atoms with van der Waals surface area (Å²) >= 11 is 2.27. The van der Waals surface area contributed by atoms with Gasteiger partial charge in [-0.15, -0.1) is 0 Å². The van der Waals surface area contributed by atoms with Crippen molar-refractivity contribution in [3.63, 3.8) is 0 Å². The smallest absolute Gasteiger partial charge is 0.159 e. The Morgan fingerprint density at radius 3 is 2.42 bits per heavy atom. The van der Waals surface area contributed by atoms with Gasteiger partial charge in [0.15, 0.2) is 11.6 Å². The average Bonchev–Trinajstić information content (AvgIpc) is 2.37. The fourth-order valence-corrected chi connectivity index (χ4v) is 2.31. The van der Waals surface area contributed by atoms with Crippen molar-refractivity contribution in [1.29, 1.82) is 0 Å². The Kier molecular flexibility index (Phi) is 4.39. The number of nitrogens with one attached hydrogen (secondary N) is 1. The van der Waals surface area contributed by atoms with E-state index >= 15 is 0 Å². The molecule has 2 aromatic carbocycles. The monoisotopic (exact) mass is 373 g/mol. The third-order valence-corrected chi connectivity index (χ3v) is 4.16. The molecule has 0 aliphatic heterocycles.